The lowest BCUT2D eigenvalue weighted by atomic mass is 10.2. The fourth-order valence-corrected chi connectivity index (χ4v) is 3.15. The smallest absolute Gasteiger partial charge is 0.258 e. The van der Waals surface area contributed by atoms with Gasteiger partial charge in [-0.2, -0.15) is 0 Å². The third kappa shape index (κ3) is 3.20. The number of benzene rings is 1. The Kier molecular flexibility index (Phi) is 4.14. The summed E-state index contributed by atoms with van der Waals surface area (Å²) in [4.78, 5) is 11.9. The number of aryl methyl sites for hydroxylation is 1. The summed E-state index contributed by atoms with van der Waals surface area (Å²) in [6.07, 6.45) is 4.55. The van der Waals surface area contributed by atoms with Crippen LogP contribution in [0.1, 0.15) is 25.7 Å². The first kappa shape index (κ1) is 14.4. The van der Waals surface area contributed by atoms with Crippen LogP contribution in [0.15, 0.2) is 22.7 Å². The van der Waals surface area contributed by atoms with Crippen molar-refractivity contribution in [2.75, 3.05) is 6.61 Å². The van der Waals surface area contributed by atoms with Crippen LogP contribution in [0.3, 0.4) is 0 Å². The standard InChI is InChI=1S/C15H18BrN3O2/c1-19-13-7-6-10(16)8-12(13)15(18-19)21-9-14(20)17-11-4-2-3-5-11/h6-8,11H,2-5,9H2,1H3,(H,17,20). The molecule has 1 saturated carbocycles. The van der Waals surface area contributed by atoms with Crippen LogP contribution in [-0.4, -0.2) is 28.3 Å². The molecule has 112 valence electrons. The van der Waals surface area contributed by atoms with Crippen LogP contribution in [0, 0.1) is 0 Å². The normalized spacial score (nSPS) is 15.5. The Hall–Kier alpha value is -1.56. The summed E-state index contributed by atoms with van der Waals surface area (Å²) in [6, 6.07) is 6.20. The summed E-state index contributed by atoms with van der Waals surface area (Å²) < 4.78 is 8.32. The Morgan fingerprint density at radius 3 is 3.00 bits per heavy atom. The van der Waals surface area contributed by atoms with E-state index in [1.165, 1.54) is 12.8 Å². The van der Waals surface area contributed by atoms with E-state index in [-0.39, 0.29) is 12.5 Å². The van der Waals surface area contributed by atoms with Gasteiger partial charge in [-0.3, -0.25) is 9.48 Å². The van der Waals surface area contributed by atoms with Gasteiger partial charge in [-0.05, 0) is 31.0 Å². The molecule has 0 atom stereocenters. The highest BCUT2D eigenvalue weighted by Gasteiger charge is 2.18. The molecule has 0 radical (unpaired) electrons. The fourth-order valence-electron chi connectivity index (χ4n) is 2.79. The number of nitrogens with one attached hydrogen (secondary N) is 1. The van der Waals surface area contributed by atoms with Crippen molar-refractivity contribution in [2.24, 2.45) is 7.05 Å². The van der Waals surface area contributed by atoms with Crippen molar-refractivity contribution in [3.63, 3.8) is 0 Å². The average molecular weight is 352 g/mol. The molecule has 0 saturated heterocycles. The maximum absolute atomic E-state index is 11.9. The van der Waals surface area contributed by atoms with Crippen LogP contribution in [0.2, 0.25) is 0 Å². The molecule has 6 heteroatoms. The third-order valence-electron chi connectivity index (χ3n) is 3.84. The molecule has 1 aliphatic carbocycles. The van der Waals surface area contributed by atoms with E-state index in [0.29, 0.717) is 11.9 Å². The predicted octanol–water partition coefficient (Wildman–Crippen LogP) is 2.77. The Balaban J connectivity index is 1.67. The van der Waals surface area contributed by atoms with E-state index in [2.05, 4.69) is 26.3 Å². The van der Waals surface area contributed by atoms with Crippen LogP contribution in [0.5, 0.6) is 5.88 Å². The number of hydrogen-bond donors (Lipinski definition) is 1. The molecule has 1 aromatic heterocycles. The van der Waals surface area contributed by atoms with Gasteiger partial charge in [-0.1, -0.05) is 28.8 Å². The topological polar surface area (TPSA) is 56.2 Å². The number of carbonyl (C=O) groups is 1. The molecule has 0 unspecified atom stereocenters. The van der Waals surface area contributed by atoms with Gasteiger partial charge in [-0.15, -0.1) is 5.10 Å². The lowest BCUT2D eigenvalue weighted by Gasteiger charge is -2.11. The number of halogens is 1. The van der Waals surface area contributed by atoms with Crippen LogP contribution in [0.25, 0.3) is 10.9 Å². The Morgan fingerprint density at radius 1 is 1.48 bits per heavy atom. The van der Waals surface area contributed by atoms with Crippen molar-refractivity contribution < 1.29 is 9.53 Å². The second-order valence-electron chi connectivity index (χ2n) is 5.43. The fraction of sp³-hybridized carbons (Fsp3) is 0.467. The van der Waals surface area contributed by atoms with Crippen molar-refractivity contribution in [1.29, 1.82) is 0 Å². The number of nitrogens with zero attached hydrogens (tertiary/aromatic N) is 2. The van der Waals surface area contributed by atoms with E-state index in [1.807, 2.05) is 25.2 Å². The molecule has 1 heterocycles. The molecule has 0 aliphatic heterocycles. The first-order valence-corrected chi connectivity index (χ1v) is 7.97. The van der Waals surface area contributed by atoms with Crippen LogP contribution >= 0.6 is 15.9 Å². The van der Waals surface area contributed by atoms with E-state index in [4.69, 9.17) is 4.74 Å². The largest absolute Gasteiger partial charge is 0.466 e. The maximum Gasteiger partial charge on any atom is 0.258 e. The van der Waals surface area contributed by atoms with E-state index in [9.17, 15) is 4.79 Å². The molecule has 0 bridgehead atoms. The molecule has 1 aliphatic rings. The molecule has 21 heavy (non-hydrogen) atoms. The summed E-state index contributed by atoms with van der Waals surface area (Å²) in [6.45, 7) is 0.00905. The first-order chi connectivity index (χ1) is 10.1. The van der Waals surface area contributed by atoms with Gasteiger partial charge in [0.1, 0.15) is 0 Å². The minimum atomic E-state index is -0.0734. The zero-order chi connectivity index (χ0) is 14.8. The molecule has 1 aromatic carbocycles. The van der Waals surface area contributed by atoms with Crippen LogP contribution in [-0.2, 0) is 11.8 Å². The average Bonchev–Trinajstić information content (AvgIpc) is 3.05. The number of ether oxygens (including phenoxy) is 1. The predicted molar refractivity (Wildman–Crippen MR) is 84.3 cm³/mol. The summed E-state index contributed by atoms with van der Waals surface area (Å²) in [5.41, 5.74) is 0.976. The van der Waals surface area contributed by atoms with Gasteiger partial charge in [0.2, 0.25) is 5.88 Å². The number of carbonyl (C=O) groups excluding carboxylic acids is 1. The summed E-state index contributed by atoms with van der Waals surface area (Å²) in [7, 11) is 1.86. The molecule has 1 N–H and O–H groups in total. The van der Waals surface area contributed by atoms with E-state index in [0.717, 1.165) is 28.2 Å². The lowest BCUT2D eigenvalue weighted by Crippen LogP contribution is -2.36. The summed E-state index contributed by atoms with van der Waals surface area (Å²) in [5, 5.41) is 8.24. The van der Waals surface area contributed by atoms with Crippen molar-refractivity contribution in [3.8, 4) is 5.88 Å². The van der Waals surface area contributed by atoms with Gasteiger partial charge in [-0.25, -0.2) is 0 Å². The SMILES string of the molecule is Cn1nc(OCC(=O)NC2CCCC2)c2cc(Br)ccc21. The van der Waals surface area contributed by atoms with Gasteiger partial charge < -0.3 is 10.1 Å². The zero-order valence-corrected chi connectivity index (χ0v) is 13.5. The van der Waals surface area contributed by atoms with Gasteiger partial charge in [0.25, 0.3) is 5.91 Å². The molecule has 3 rings (SSSR count). The van der Waals surface area contributed by atoms with Gasteiger partial charge in [0.05, 0.1) is 10.9 Å². The molecular formula is C15H18BrN3O2. The highest BCUT2D eigenvalue weighted by atomic mass is 79.9. The quantitative estimate of drug-likeness (QED) is 0.921. The van der Waals surface area contributed by atoms with Gasteiger partial charge >= 0.3 is 0 Å². The minimum absolute atomic E-state index is 0.00905. The number of fused-ring (bicyclic) bond motifs is 1. The molecule has 1 fully saturated rings. The van der Waals surface area contributed by atoms with E-state index in [1.54, 1.807) is 4.68 Å². The van der Waals surface area contributed by atoms with Crippen molar-refractivity contribution >= 4 is 32.7 Å². The summed E-state index contributed by atoms with van der Waals surface area (Å²) in [5.74, 6) is 0.422. The second-order valence-corrected chi connectivity index (χ2v) is 6.34. The number of rotatable bonds is 4. The first-order valence-electron chi connectivity index (χ1n) is 7.18. The molecule has 2 aromatic rings. The van der Waals surface area contributed by atoms with Crippen molar-refractivity contribution in [1.82, 2.24) is 15.1 Å². The Labute approximate surface area is 131 Å². The van der Waals surface area contributed by atoms with Crippen LogP contribution < -0.4 is 10.1 Å². The highest BCUT2D eigenvalue weighted by molar-refractivity contribution is 9.10. The molecule has 1 amide bonds. The summed E-state index contributed by atoms with van der Waals surface area (Å²) >= 11 is 3.44. The minimum Gasteiger partial charge on any atom is -0.466 e. The van der Waals surface area contributed by atoms with Gasteiger partial charge in [0, 0.05) is 17.6 Å². The van der Waals surface area contributed by atoms with Gasteiger partial charge in [0.15, 0.2) is 6.61 Å². The Bertz CT molecular complexity index is 662. The monoisotopic (exact) mass is 351 g/mol. The van der Waals surface area contributed by atoms with E-state index >= 15 is 0 Å². The lowest BCUT2D eigenvalue weighted by molar-refractivity contribution is -0.123. The van der Waals surface area contributed by atoms with Crippen molar-refractivity contribution in [3.05, 3.63) is 22.7 Å². The third-order valence-corrected chi connectivity index (χ3v) is 4.33. The maximum atomic E-state index is 11.9. The Morgan fingerprint density at radius 2 is 2.24 bits per heavy atom. The number of amides is 1. The van der Waals surface area contributed by atoms with Crippen molar-refractivity contribution in [2.45, 2.75) is 31.7 Å². The number of aromatic nitrogens is 2. The van der Waals surface area contributed by atoms with Crippen LogP contribution in [0.4, 0.5) is 0 Å². The highest BCUT2D eigenvalue weighted by Crippen LogP contribution is 2.27. The number of hydrogen-bond acceptors (Lipinski definition) is 3. The molecule has 0 spiro atoms. The van der Waals surface area contributed by atoms with E-state index < -0.39 is 0 Å². The second kappa shape index (κ2) is 6.05. The molecular weight excluding hydrogens is 334 g/mol. The zero-order valence-electron chi connectivity index (χ0n) is 11.9. The molecule has 5 nitrogen and oxygen atoms in total.